The van der Waals surface area contributed by atoms with Crippen molar-refractivity contribution >= 4 is 17.6 Å². The van der Waals surface area contributed by atoms with E-state index in [2.05, 4.69) is 25.3 Å². The van der Waals surface area contributed by atoms with E-state index in [0.717, 1.165) is 10.8 Å². The molecule has 2 aromatic rings. The first-order valence-corrected chi connectivity index (χ1v) is 6.13. The van der Waals surface area contributed by atoms with Gasteiger partial charge in [-0.3, -0.25) is 0 Å². The minimum atomic E-state index is 0.374. The lowest BCUT2D eigenvalue weighted by atomic mass is 10.5. The molecule has 0 spiro atoms. The van der Waals surface area contributed by atoms with Crippen molar-refractivity contribution in [2.75, 3.05) is 19.5 Å². The van der Waals surface area contributed by atoms with Crippen LogP contribution in [0.2, 0.25) is 0 Å². The molecule has 1 N–H and O–H groups in total. The normalized spacial score (nSPS) is 10.3. The Morgan fingerprint density at radius 3 is 2.72 bits per heavy atom. The van der Waals surface area contributed by atoms with Gasteiger partial charge < -0.3 is 10.1 Å². The van der Waals surface area contributed by atoms with Gasteiger partial charge in [-0.05, 0) is 17.8 Å². The molecule has 0 fully saturated rings. The fraction of sp³-hybridized carbons (Fsp3) is 0.273. The first-order chi connectivity index (χ1) is 8.81. The molecule has 0 aromatic carbocycles. The van der Waals surface area contributed by atoms with Gasteiger partial charge in [-0.15, -0.1) is 0 Å². The summed E-state index contributed by atoms with van der Waals surface area (Å²) in [6, 6.07) is 3.62. The van der Waals surface area contributed by atoms with Crippen LogP contribution in [0.15, 0.2) is 34.7 Å². The Morgan fingerprint density at radius 1 is 1.28 bits per heavy atom. The van der Waals surface area contributed by atoms with Gasteiger partial charge in [-0.2, -0.15) is 0 Å². The summed E-state index contributed by atoms with van der Waals surface area (Å²) in [7, 11) is 3.43. The zero-order valence-electron chi connectivity index (χ0n) is 10.1. The summed E-state index contributed by atoms with van der Waals surface area (Å²) in [4.78, 5) is 16.9. The monoisotopic (exact) mass is 263 g/mol. The van der Waals surface area contributed by atoms with Gasteiger partial charge in [0, 0.05) is 32.6 Å². The Hall–Kier alpha value is -1.73. The molecule has 2 aromatic heterocycles. The predicted molar refractivity (Wildman–Crippen MR) is 68.4 cm³/mol. The molecule has 94 valence electrons. The van der Waals surface area contributed by atoms with E-state index in [4.69, 9.17) is 4.74 Å². The van der Waals surface area contributed by atoms with Crippen molar-refractivity contribution in [3.05, 3.63) is 30.4 Å². The summed E-state index contributed by atoms with van der Waals surface area (Å²) in [5.41, 5.74) is 0. The smallest absolute Gasteiger partial charge is 0.193 e. The maximum Gasteiger partial charge on any atom is 0.193 e. The number of rotatable bonds is 5. The SMILES string of the molecule is CNc1cc(Sc2ncccn2)nc(COC)n1. The molecule has 0 radical (unpaired) electrons. The van der Waals surface area contributed by atoms with Gasteiger partial charge in [0.15, 0.2) is 11.0 Å². The molecule has 0 unspecified atom stereocenters. The van der Waals surface area contributed by atoms with Gasteiger partial charge in [0.05, 0.1) is 0 Å². The van der Waals surface area contributed by atoms with E-state index >= 15 is 0 Å². The Labute approximate surface area is 109 Å². The van der Waals surface area contributed by atoms with Crippen LogP contribution < -0.4 is 5.32 Å². The van der Waals surface area contributed by atoms with Gasteiger partial charge in [0.1, 0.15) is 17.5 Å². The van der Waals surface area contributed by atoms with Gasteiger partial charge >= 0.3 is 0 Å². The molecule has 2 rings (SSSR count). The van der Waals surface area contributed by atoms with Crippen LogP contribution in [-0.2, 0) is 11.3 Å². The number of anilines is 1. The summed E-state index contributed by atoms with van der Waals surface area (Å²) < 4.78 is 5.04. The quantitative estimate of drug-likeness (QED) is 0.649. The molecule has 0 atom stereocenters. The summed E-state index contributed by atoms with van der Waals surface area (Å²) in [6.45, 7) is 0.374. The number of nitrogens with zero attached hydrogens (tertiary/aromatic N) is 4. The zero-order valence-corrected chi connectivity index (χ0v) is 10.9. The molecule has 0 saturated carbocycles. The van der Waals surface area contributed by atoms with Crippen LogP contribution >= 0.6 is 11.8 Å². The van der Waals surface area contributed by atoms with Gasteiger partial charge in [-0.25, -0.2) is 19.9 Å². The molecule has 0 saturated heterocycles. The summed E-state index contributed by atoms with van der Waals surface area (Å²) >= 11 is 1.39. The van der Waals surface area contributed by atoms with E-state index in [-0.39, 0.29) is 0 Å². The first-order valence-electron chi connectivity index (χ1n) is 5.31. The van der Waals surface area contributed by atoms with Gasteiger partial charge in [0.25, 0.3) is 0 Å². The molecule has 18 heavy (non-hydrogen) atoms. The third kappa shape index (κ3) is 3.38. The first kappa shape index (κ1) is 12.7. The van der Waals surface area contributed by atoms with Gasteiger partial charge in [-0.1, -0.05) is 0 Å². The number of hydrogen-bond donors (Lipinski definition) is 1. The molecule has 0 aliphatic carbocycles. The van der Waals surface area contributed by atoms with Crippen LogP contribution in [0.4, 0.5) is 5.82 Å². The highest BCUT2D eigenvalue weighted by atomic mass is 32.2. The van der Waals surface area contributed by atoms with E-state index in [1.54, 1.807) is 25.6 Å². The number of hydrogen-bond acceptors (Lipinski definition) is 7. The number of nitrogens with one attached hydrogen (secondary N) is 1. The summed E-state index contributed by atoms with van der Waals surface area (Å²) in [6.07, 6.45) is 3.40. The Bertz CT molecular complexity index is 508. The van der Waals surface area contributed by atoms with Crippen molar-refractivity contribution in [2.45, 2.75) is 16.8 Å². The highest BCUT2D eigenvalue weighted by Crippen LogP contribution is 2.23. The summed E-state index contributed by atoms with van der Waals surface area (Å²) in [5, 5.41) is 4.43. The van der Waals surface area contributed by atoms with Crippen LogP contribution in [0.5, 0.6) is 0 Å². The van der Waals surface area contributed by atoms with Crippen molar-refractivity contribution in [2.24, 2.45) is 0 Å². The second-order valence-corrected chi connectivity index (χ2v) is 4.31. The highest BCUT2D eigenvalue weighted by Gasteiger charge is 2.06. The standard InChI is InChI=1S/C11H13N5OS/c1-12-8-6-10(16-9(15-8)7-17-2)18-11-13-4-3-5-14-11/h3-6H,7H2,1-2H3,(H,12,15,16). The number of ether oxygens (including phenoxy) is 1. The molecular formula is C11H13N5OS. The maximum absolute atomic E-state index is 5.04. The molecular weight excluding hydrogens is 250 g/mol. The minimum Gasteiger partial charge on any atom is -0.377 e. The van der Waals surface area contributed by atoms with E-state index < -0.39 is 0 Å². The lowest BCUT2D eigenvalue weighted by molar-refractivity contribution is 0.177. The fourth-order valence-electron chi connectivity index (χ4n) is 1.28. The lowest BCUT2D eigenvalue weighted by Gasteiger charge is -2.06. The van der Waals surface area contributed by atoms with Crippen LogP contribution in [0.25, 0.3) is 0 Å². The second kappa shape index (κ2) is 6.27. The number of aromatic nitrogens is 4. The minimum absolute atomic E-state index is 0.374. The zero-order chi connectivity index (χ0) is 12.8. The maximum atomic E-state index is 5.04. The largest absolute Gasteiger partial charge is 0.377 e. The summed E-state index contributed by atoms with van der Waals surface area (Å²) in [5.74, 6) is 1.37. The average Bonchev–Trinajstić information content (AvgIpc) is 2.40. The topological polar surface area (TPSA) is 72.8 Å². The molecule has 7 heteroatoms. The van der Waals surface area contributed by atoms with Crippen LogP contribution in [0, 0.1) is 0 Å². The molecule has 0 aliphatic heterocycles. The van der Waals surface area contributed by atoms with E-state index in [9.17, 15) is 0 Å². The van der Waals surface area contributed by atoms with Crippen LogP contribution in [-0.4, -0.2) is 34.1 Å². The van der Waals surface area contributed by atoms with Gasteiger partial charge in [0.2, 0.25) is 0 Å². The molecule has 6 nitrogen and oxygen atoms in total. The van der Waals surface area contributed by atoms with Crippen molar-refractivity contribution in [1.82, 2.24) is 19.9 Å². The number of methoxy groups -OCH3 is 1. The lowest BCUT2D eigenvalue weighted by Crippen LogP contribution is -2.02. The Morgan fingerprint density at radius 2 is 2.06 bits per heavy atom. The van der Waals surface area contributed by atoms with E-state index in [1.165, 1.54) is 11.8 Å². The molecule has 2 heterocycles. The van der Waals surface area contributed by atoms with Crippen molar-refractivity contribution in [3.63, 3.8) is 0 Å². The van der Waals surface area contributed by atoms with Crippen LogP contribution in [0.1, 0.15) is 5.82 Å². The predicted octanol–water partition coefficient (Wildman–Crippen LogP) is 1.61. The average molecular weight is 263 g/mol. The van der Waals surface area contributed by atoms with Crippen molar-refractivity contribution < 1.29 is 4.74 Å². The second-order valence-electron chi connectivity index (χ2n) is 3.32. The molecule has 0 bridgehead atoms. The van der Waals surface area contributed by atoms with E-state index in [1.807, 2.05) is 13.1 Å². The van der Waals surface area contributed by atoms with Crippen LogP contribution in [0.3, 0.4) is 0 Å². The molecule has 0 aliphatic rings. The van der Waals surface area contributed by atoms with Crippen molar-refractivity contribution in [3.8, 4) is 0 Å². The molecule has 0 amide bonds. The third-order valence-corrected chi connectivity index (χ3v) is 2.83. The third-order valence-electron chi connectivity index (χ3n) is 2.02. The van der Waals surface area contributed by atoms with E-state index in [0.29, 0.717) is 17.6 Å². The Kier molecular flexibility index (Phi) is 4.43. The highest BCUT2D eigenvalue weighted by molar-refractivity contribution is 7.99. The fourth-order valence-corrected chi connectivity index (χ4v) is 2.01. The van der Waals surface area contributed by atoms with Crippen molar-refractivity contribution in [1.29, 1.82) is 0 Å². The Balaban J connectivity index is 2.24.